The van der Waals surface area contributed by atoms with Gasteiger partial charge >= 0.3 is 0 Å². The van der Waals surface area contributed by atoms with Gasteiger partial charge < -0.3 is 10.6 Å². The Hall–Kier alpha value is -1.39. The van der Waals surface area contributed by atoms with Crippen molar-refractivity contribution in [3.05, 3.63) is 51.5 Å². The highest BCUT2D eigenvalue weighted by Gasteiger charge is 2.27. The Bertz CT molecular complexity index is 621. The van der Waals surface area contributed by atoms with Crippen molar-refractivity contribution in [2.45, 2.75) is 32.4 Å². The third kappa shape index (κ3) is 2.13. The molecule has 0 saturated heterocycles. The first-order chi connectivity index (χ1) is 9.59. The van der Waals surface area contributed by atoms with Crippen molar-refractivity contribution in [3.8, 4) is 0 Å². The summed E-state index contributed by atoms with van der Waals surface area (Å²) in [4.78, 5) is 3.73. The molecule has 0 aliphatic carbocycles. The molecule has 1 aromatic carbocycles. The molecule has 3 rings (SSSR count). The number of thiophene rings is 1. The fourth-order valence-corrected chi connectivity index (χ4v) is 4.03. The highest BCUT2D eigenvalue weighted by atomic mass is 32.1. The van der Waals surface area contributed by atoms with Crippen LogP contribution in [-0.4, -0.2) is 6.54 Å². The maximum Gasteiger partial charge on any atom is 0.130 e. The Morgan fingerprint density at radius 1 is 1.40 bits per heavy atom. The molecule has 2 aromatic rings. The number of rotatable bonds is 2. The first kappa shape index (κ1) is 13.6. The van der Waals surface area contributed by atoms with Gasteiger partial charge in [-0.3, -0.25) is 0 Å². The van der Waals surface area contributed by atoms with E-state index in [1.54, 1.807) is 6.07 Å². The molecule has 0 spiro atoms. The second-order valence-electron chi connectivity index (χ2n) is 5.38. The van der Waals surface area contributed by atoms with Gasteiger partial charge in [0.05, 0.1) is 6.04 Å². The lowest BCUT2D eigenvalue weighted by molar-refractivity contribution is 0.580. The third-order valence-electron chi connectivity index (χ3n) is 4.07. The molecule has 2 N–H and O–H groups in total. The topological polar surface area (TPSA) is 29.3 Å². The number of anilines is 1. The molecule has 0 amide bonds. The van der Waals surface area contributed by atoms with Crippen LogP contribution in [0.4, 0.5) is 10.1 Å². The minimum atomic E-state index is -0.303. The van der Waals surface area contributed by atoms with Gasteiger partial charge in [0.25, 0.3) is 0 Å². The molecule has 106 valence electrons. The quantitative estimate of drug-likeness (QED) is 0.904. The molecule has 0 saturated carbocycles. The van der Waals surface area contributed by atoms with E-state index in [0.717, 1.165) is 18.7 Å². The summed E-state index contributed by atoms with van der Waals surface area (Å²) in [7, 11) is 0. The lowest BCUT2D eigenvalue weighted by Gasteiger charge is -2.37. The van der Waals surface area contributed by atoms with E-state index in [0.29, 0.717) is 5.56 Å². The monoisotopic (exact) mass is 290 g/mol. The Labute approximate surface area is 123 Å². The molecular formula is C16H19FN2S. The number of nitrogens with two attached hydrogens (primary N) is 1. The number of fused-ring (bicyclic) bond motifs is 1. The van der Waals surface area contributed by atoms with Gasteiger partial charge in [-0.15, -0.1) is 11.3 Å². The fraction of sp³-hybridized carbons (Fsp3) is 0.375. The summed E-state index contributed by atoms with van der Waals surface area (Å²) in [6.07, 6.45) is 1.02. The number of nitrogens with zero attached hydrogens (tertiary/aromatic N) is 1. The first-order valence-electron chi connectivity index (χ1n) is 6.96. The second-order valence-corrected chi connectivity index (χ2v) is 6.38. The average molecular weight is 290 g/mol. The minimum Gasteiger partial charge on any atom is -0.364 e. The molecule has 0 radical (unpaired) electrons. The van der Waals surface area contributed by atoms with Gasteiger partial charge in [-0.2, -0.15) is 0 Å². The van der Waals surface area contributed by atoms with E-state index >= 15 is 0 Å². The van der Waals surface area contributed by atoms with E-state index in [1.807, 2.05) is 24.3 Å². The van der Waals surface area contributed by atoms with Crippen molar-refractivity contribution < 1.29 is 4.39 Å². The molecule has 1 aromatic heterocycles. The standard InChI is InChI=1S/C16H19FN2S/c1-10(18)16-13(17)4-3-5-14(16)19-8-6-15-12(11(19)2)7-9-20-15/h3-5,7,9-11H,6,8,18H2,1-2H3. The number of hydrogen-bond donors (Lipinski definition) is 1. The molecule has 0 fully saturated rings. The van der Waals surface area contributed by atoms with Crippen molar-refractivity contribution >= 4 is 17.0 Å². The molecule has 2 unspecified atom stereocenters. The largest absolute Gasteiger partial charge is 0.364 e. The van der Waals surface area contributed by atoms with Gasteiger partial charge in [0, 0.05) is 28.7 Å². The Morgan fingerprint density at radius 3 is 2.95 bits per heavy atom. The Morgan fingerprint density at radius 2 is 2.20 bits per heavy atom. The van der Waals surface area contributed by atoms with Crippen LogP contribution in [0, 0.1) is 5.82 Å². The predicted octanol–water partition coefficient (Wildman–Crippen LogP) is 4.03. The van der Waals surface area contributed by atoms with Crippen LogP contribution in [0.5, 0.6) is 0 Å². The molecular weight excluding hydrogens is 271 g/mol. The maximum atomic E-state index is 14.1. The highest BCUT2D eigenvalue weighted by Crippen LogP contribution is 2.39. The molecule has 1 aliphatic rings. The molecule has 2 heterocycles. The average Bonchev–Trinajstić information content (AvgIpc) is 2.87. The zero-order valence-electron chi connectivity index (χ0n) is 11.8. The molecule has 2 nitrogen and oxygen atoms in total. The molecule has 1 aliphatic heterocycles. The zero-order chi connectivity index (χ0) is 14.3. The van der Waals surface area contributed by atoms with Gasteiger partial charge in [-0.05, 0) is 49.4 Å². The van der Waals surface area contributed by atoms with Gasteiger partial charge in [0.2, 0.25) is 0 Å². The van der Waals surface area contributed by atoms with E-state index in [4.69, 9.17) is 5.73 Å². The summed E-state index contributed by atoms with van der Waals surface area (Å²) < 4.78 is 14.1. The normalized spacial score (nSPS) is 19.8. The molecule has 4 heteroatoms. The minimum absolute atomic E-state index is 0.208. The molecule has 0 bridgehead atoms. The van der Waals surface area contributed by atoms with Crippen LogP contribution in [0.3, 0.4) is 0 Å². The van der Waals surface area contributed by atoms with E-state index in [1.165, 1.54) is 16.5 Å². The number of benzene rings is 1. The zero-order valence-corrected chi connectivity index (χ0v) is 12.6. The summed E-state index contributed by atoms with van der Waals surface area (Å²) in [5.41, 5.74) is 8.90. The SMILES string of the molecule is CC(N)c1c(F)cccc1N1CCc2sccc2C1C. The summed E-state index contributed by atoms with van der Waals surface area (Å²) >= 11 is 1.81. The van der Waals surface area contributed by atoms with E-state index < -0.39 is 0 Å². The summed E-state index contributed by atoms with van der Waals surface area (Å²) in [5, 5.41) is 2.14. The van der Waals surface area contributed by atoms with Crippen LogP contribution in [0.2, 0.25) is 0 Å². The highest BCUT2D eigenvalue weighted by molar-refractivity contribution is 7.10. The lowest BCUT2D eigenvalue weighted by Crippen LogP contribution is -2.34. The van der Waals surface area contributed by atoms with Crippen LogP contribution in [0.25, 0.3) is 0 Å². The predicted molar refractivity (Wildman–Crippen MR) is 82.8 cm³/mol. The van der Waals surface area contributed by atoms with E-state index in [-0.39, 0.29) is 17.9 Å². The summed E-state index contributed by atoms with van der Waals surface area (Å²) in [6, 6.07) is 7.39. The van der Waals surface area contributed by atoms with Crippen LogP contribution in [-0.2, 0) is 6.42 Å². The van der Waals surface area contributed by atoms with Crippen LogP contribution in [0.1, 0.15) is 41.9 Å². The Balaban J connectivity index is 2.05. The molecule has 2 atom stereocenters. The lowest BCUT2D eigenvalue weighted by atomic mass is 9.97. The summed E-state index contributed by atoms with van der Waals surface area (Å²) in [5.74, 6) is -0.208. The smallest absolute Gasteiger partial charge is 0.130 e. The van der Waals surface area contributed by atoms with Crippen molar-refractivity contribution in [1.29, 1.82) is 0 Å². The Kier molecular flexibility index (Phi) is 3.52. The van der Waals surface area contributed by atoms with Gasteiger partial charge in [0.15, 0.2) is 0 Å². The fourth-order valence-electron chi connectivity index (χ4n) is 3.07. The van der Waals surface area contributed by atoms with Crippen molar-refractivity contribution in [1.82, 2.24) is 0 Å². The second kappa shape index (κ2) is 5.19. The van der Waals surface area contributed by atoms with E-state index in [9.17, 15) is 4.39 Å². The van der Waals surface area contributed by atoms with Crippen molar-refractivity contribution in [2.24, 2.45) is 5.73 Å². The van der Waals surface area contributed by atoms with Crippen molar-refractivity contribution in [2.75, 3.05) is 11.4 Å². The van der Waals surface area contributed by atoms with Gasteiger partial charge in [0.1, 0.15) is 5.82 Å². The maximum absolute atomic E-state index is 14.1. The van der Waals surface area contributed by atoms with Gasteiger partial charge in [-0.25, -0.2) is 4.39 Å². The first-order valence-corrected chi connectivity index (χ1v) is 7.84. The third-order valence-corrected chi connectivity index (χ3v) is 5.07. The summed E-state index contributed by atoms with van der Waals surface area (Å²) in [6.45, 7) is 4.94. The van der Waals surface area contributed by atoms with Crippen molar-refractivity contribution in [3.63, 3.8) is 0 Å². The number of hydrogen-bond acceptors (Lipinski definition) is 3. The van der Waals surface area contributed by atoms with Crippen LogP contribution >= 0.6 is 11.3 Å². The van der Waals surface area contributed by atoms with E-state index in [2.05, 4.69) is 23.3 Å². The molecule has 20 heavy (non-hydrogen) atoms. The number of halogens is 1. The van der Waals surface area contributed by atoms with Crippen LogP contribution in [0.15, 0.2) is 29.6 Å². The van der Waals surface area contributed by atoms with Crippen LogP contribution < -0.4 is 10.6 Å². The van der Waals surface area contributed by atoms with Gasteiger partial charge in [-0.1, -0.05) is 6.07 Å².